The number of halogens is 2. The summed E-state index contributed by atoms with van der Waals surface area (Å²) in [7, 11) is 0. The molecule has 1 amide bonds. The Hall–Kier alpha value is -2.45. The van der Waals surface area contributed by atoms with Crippen LogP contribution in [-0.4, -0.2) is 54.5 Å². The van der Waals surface area contributed by atoms with E-state index in [9.17, 15) is 13.6 Å². The number of hydrogen-bond donors (Lipinski definition) is 2. The quantitative estimate of drug-likeness (QED) is 0.644. The van der Waals surface area contributed by atoms with Crippen LogP contribution in [0.15, 0.2) is 42.2 Å². The minimum absolute atomic E-state index is 0.0209. The maximum atomic E-state index is 13.7. The molecule has 4 N–H and O–H groups in total. The SMILES string of the molecule is N/C=C\C(=C/N)CN1CCC(C(=O)N2CCC(OCc3ccc(F)cc3F)CC2)CC1. The zero-order valence-corrected chi connectivity index (χ0v) is 17.8. The number of piperidine rings is 2. The van der Waals surface area contributed by atoms with Gasteiger partial charge in [0.1, 0.15) is 11.6 Å². The summed E-state index contributed by atoms with van der Waals surface area (Å²) in [6, 6.07) is 3.51. The van der Waals surface area contributed by atoms with E-state index >= 15 is 0 Å². The fourth-order valence-corrected chi connectivity index (χ4v) is 4.23. The lowest BCUT2D eigenvalue weighted by Crippen LogP contribution is -2.46. The van der Waals surface area contributed by atoms with Crippen LogP contribution in [0.2, 0.25) is 0 Å². The number of hydrogen-bond acceptors (Lipinski definition) is 5. The van der Waals surface area contributed by atoms with Crippen LogP contribution in [-0.2, 0) is 16.1 Å². The van der Waals surface area contributed by atoms with Crippen molar-refractivity contribution in [3.63, 3.8) is 0 Å². The topological polar surface area (TPSA) is 84.8 Å². The summed E-state index contributed by atoms with van der Waals surface area (Å²) in [5.41, 5.74) is 12.4. The largest absolute Gasteiger partial charge is 0.405 e. The summed E-state index contributed by atoms with van der Waals surface area (Å²) in [6.45, 7) is 3.86. The summed E-state index contributed by atoms with van der Waals surface area (Å²) < 4.78 is 32.6. The van der Waals surface area contributed by atoms with Gasteiger partial charge in [0.05, 0.1) is 12.7 Å². The van der Waals surface area contributed by atoms with Crippen LogP contribution in [0.1, 0.15) is 31.2 Å². The number of likely N-dealkylation sites (tertiary alicyclic amines) is 2. The lowest BCUT2D eigenvalue weighted by molar-refractivity contribution is -0.139. The van der Waals surface area contributed by atoms with Crippen molar-refractivity contribution in [3.05, 3.63) is 59.4 Å². The molecule has 170 valence electrons. The Kier molecular flexibility index (Phi) is 8.43. The van der Waals surface area contributed by atoms with Crippen LogP contribution < -0.4 is 11.5 Å². The Morgan fingerprint density at radius 3 is 2.42 bits per heavy atom. The van der Waals surface area contributed by atoms with Crippen LogP contribution in [0.5, 0.6) is 0 Å². The summed E-state index contributed by atoms with van der Waals surface area (Å²) in [5, 5.41) is 0. The van der Waals surface area contributed by atoms with E-state index in [1.54, 1.807) is 12.3 Å². The highest BCUT2D eigenvalue weighted by Gasteiger charge is 2.31. The molecule has 2 fully saturated rings. The van der Waals surface area contributed by atoms with Crippen LogP contribution in [0, 0.1) is 17.6 Å². The van der Waals surface area contributed by atoms with E-state index < -0.39 is 11.6 Å². The molecule has 6 nitrogen and oxygen atoms in total. The van der Waals surface area contributed by atoms with Crippen molar-refractivity contribution >= 4 is 5.91 Å². The van der Waals surface area contributed by atoms with E-state index in [4.69, 9.17) is 16.2 Å². The molecule has 2 heterocycles. The Morgan fingerprint density at radius 2 is 1.81 bits per heavy atom. The van der Waals surface area contributed by atoms with Crippen molar-refractivity contribution < 1.29 is 18.3 Å². The third kappa shape index (κ3) is 6.51. The predicted molar refractivity (Wildman–Crippen MR) is 116 cm³/mol. The van der Waals surface area contributed by atoms with Crippen molar-refractivity contribution in [2.75, 3.05) is 32.7 Å². The van der Waals surface area contributed by atoms with Crippen molar-refractivity contribution in [1.82, 2.24) is 9.80 Å². The number of benzene rings is 1. The Labute approximate surface area is 182 Å². The van der Waals surface area contributed by atoms with Crippen LogP contribution in [0.4, 0.5) is 8.78 Å². The predicted octanol–water partition coefficient (Wildman–Crippen LogP) is 2.50. The third-order valence-corrected chi connectivity index (χ3v) is 6.11. The number of carbonyl (C=O) groups is 1. The van der Waals surface area contributed by atoms with Gasteiger partial charge in [-0.2, -0.15) is 0 Å². The van der Waals surface area contributed by atoms with Crippen LogP contribution >= 0.6 is 0 Å². The van der Waals surface area contributed by atoms with Crippen molar-refractivity contribution in [1.29, 1.82) is 0 Å². The normalized spacial score (nSPS) is 19.9. The molecule has 8 heteroatoms. The summed E-state index contributed by atoms with van der Waals surface area (Å²) in [6.07, 6.45) is 7.95. The van der Waals surface area contributed by atoms with Gasteiger partial charge in [-0.3, -0.25) is 9.69 Å². The number of ether oxygens (including phenoxy) is 1. The molecule has 3 rings (SSSR count). The van der Waals surface area contributed by atoms with Gasteiger partial charge in [-0.1, -0.05) is 6.07 Å². The molecule has 31 heavy (non-hydrogen) atoms. The minimum atomic E-state index is -0.595. The molecule has 1 aromatic rings. The Balaban J connectivity index is 1.39. The molecule has 0 saturated carbocycles. The maximum absolute atomic E-state index is 13.7. The first kappa shape index (κ1) is 23.2. The molecule has 1 aromatic carbocycles. The van der Waals surface area contributed by atoms with Crippen molar-refractivity contribution in [2.24, 2.45) is 17.4 Å². The van der Waals surface area contributed by atoms with Gasteiger partial charge in [0.15, 0.2) is 0 Å². The number of nitrogens with zero attached hydrogens (tertiary/aromatic N) is 2. The highest BCUT2D eigenvalue weighted by atomic mass is 19.1. The Morgan fingerprint density at radius 1 is 1.10 bits per heavy atom. The molecule has 0 radical (unpaired) electrons. The number of carbonyl (C=O) groups excluding carboxylic acids is 1. The Bertz CT molecular complexity index is 799. The van der Waals surface area contributed by atoms with Crippen LogP contribution in [0.25, 0.3) is 0 Å². The van der Waals surface area contributed by atoms with Gasteiger partial charge in [-0.25, -0.2) is 8.78 Å². The molecule has 2 aliphatic heterocycles. The molecular weight excluding hydrogens is 402 g/mol. The molecule has 0 bridgehead atoms. The zero-order chi connectivity index (χ0) is 22.2. The minimum Gasteiger partial charge on any atom is -0.405 e. The number of amides is 1. The molecule has 0 spiro atoms. The van der Waals surface area contributed by atoms with E-state index in [2.05, 4.69) is 4.90 Å². The smallest absolute Gasteiger partial charge is 0.225 e. The van der Waals surface area contributed by atoms with E-state index in [-0.39, 0.29) is 24.5 Å². The van der Waals surface area contributed by atoms with Gasteiger partial charge in [0, 0.05) is 37.2 Å². The van der Waals surface area contributed by atoms with Gasteiger partial charge in [0.25, 0.3) is 0 Å². The molecular formula is C23H32F2N4O2. The molecule has 2 aliphatic rings. The van der Waals surface area contributed by atoms with E-state index in [1.807, 2.05) is 4.90 Å². The fourth-order valence-electron chi connectivity index (χ4n) is 4.23. The fraction of sp³-hybridized carbons (Fsp3) is 0.522. The van der Waals surface area contributed by atoms with Crippen molar-refractivity contribution in [2.45, 2.75) is 38.4 Å². The average Bonchev–Trinajstić information content (AvgIpc) is 2.78. The lowest BCUT2D eigenvalue weighted by Gasteiger charge is -2.37. The number of nitrogens with two attached hydrogens (primary N) is 2. The second kappa shape index (κ2) is 11.2. The number of rotatable bonds is 7. The molecule has 0 atom stereocenters. The summed E-state index contributed by atoms with van der Waals surface area (Å²) in [5.74, 6) is -0.911. The van der Waals surface area contributed by atoms with Gasteiger partial charge in [-0.05, 0) is 68.9 Å². The molecule has 0 aromatic heterocycles. The summed E-state index contributed by atoms with van der Waals surface area (Å²) in [4.78, 5) is 17.1. The van der Waals surface area contributed by atoms with Gasteiger partial charge >= 0.3 is 0 Å². The van der Waals surface area contributed by atoms with Gasteiger partial charge < -0.3 is 21.1 Å². The first-order chi connectivity index (χ1) is 15.0. The second-order valence-electron chi connectivity index (χ2n) is 8.22. The van der Waals surface area contributed by atoms with Crippen molar-refractivity contribution in [3.8, 4) is 0 Å². The molecule has 2 saturated heterocycles. The maximum Gasteiger partial charge on any atom is 0.225 e. The first-order valence-corrected chi connectivity index (χ1v) is 10.9. The standard InChI is InChI=1S/C23H32F2N4O2/c24-20-2-1-19(22(25)13-20)16-31-21-6-11-29(12-7-21)23(30)18-4-9-28(10-5-18)15-17(14-27)3-8-26/h1-3,8,13-14,18,21H,4-7,9-12,15-16,26-27H2/b8-3-,17-14+. The highest BCUT2D eigenvalue weighted by molar-refractivity contribution is 5.79. The molecule has 0 aliphatic carbocycles. The second-order valence-corrected chi connectivity index (χ2v) is 8.22. The van der Waals surface area contributed by atoms with Gasteiger partial charge in [0.2, 0.25) is 5.91 Å². The first-order valence-electron chi connectivity index (χ1n) is 10.9. The van der Waals surface area contributed by atoms with Crippen LogP contribution in [0.3, 0.4) is 0 Å². The van der Waals surface area contributed by atoms with E-state index in [0.717, 1.165) is 57.0 Å². The molecule has 0 unspecified atom stereocenters. The monoisotopic (exact) mass is 434 g/mol. The van der Waals surface area contributed by atoms with E-state index in [0.29, 0.717) is 18.7 Å². The zero-order valence-electron chi connectivity index (χ0n) is 17.8. The lowest BCUT2D eigenvalue weighted by atomic mass is 9.93. The summed E-state index contributed by atoms with van der Waals surface area (Å²) >= 11 is 0. The van der Waals surface area contributed by atoms with E-state index in [1.165, 1.54) is 18.3 Å². The van der Waals surface area contributed by atoms with Gasteiger partial charge in [-0.15, -0.1) is 0 Å². The highest BCUT2D eigenvalue weighted by Crippen LogP contribution is 2.24. The average molecular weight is 435 g/mol. The third-order valence-electron chi connectivity index (χ3n) is 6.11.